The molecule has 0 radical (unpaired) electrons. The van der Waals surface area contributed by atoms with Gasteiger partial charge >= 0.3 is 0 Å². The van der Waals surface area contributed by atoms with Crippen molar-refractivity contribution >= 4 is 5.95 Å². The lowest BCUT2D eigenvalue weighted by Gasteiger charge is -2.12. The lowest BCUT2D eigenvalue weighted by molar-refractivity contribution is 0.339. The summed E-state index contributed by atoms with van der Waals surface area (Å²) in [5.74, 6) is 1.98. The van der Waals surface area contributed by atoms with Crippen LogP contribution in [0.15, 0.2) is 36.4 Å². The van der Waals surface area contributed by atoms with Crippen LogP contribution in [0.3, 0.4) is 0 Å². The van der Waals surface area contributed by atoms with E-state index in [0.29, 0.717) is 30.3 Å². The zero-order valence-electron chi connectivity index (χ0n) is 16.5. The van der Waals surface area contributed by atoms with Crippen molar-refractivity contribution in [2.24, 2.45) is 7.05 Å². The van der Waals surface area contributed by atoms with Crippen LogP contribution < -0.4 is 19.9 Å². The van der Waals surface area contributed by atoms with Gasteiger partial charge in [0.1, 0.15) is 5.75 Å². The molecule has 7 heteroatoms. The van der Waals surface area contributed by atoms with Crippen molar-refractivity contribution in [1.29, 1.82) is 0 Å². The molecule has 28 heavy (non-hydrogen) atoms. The molecule has 0 aliphatic heterocycles. The van der Waals surface area contributed by atoms with Crippen molar-refractivity contribution < 1.29 is 19.3 Å². The summed E-state index contributed by atoms with van der Waals surface area (Å²) in [6.45, 7) is 0. The Hall–Kier alpha value is -3.35. The van der Waals surface area contributed by atoms with E-state index in [0.717, 1.165) is 28.3 Å². The Morgan fingerprint density at radius 1 is 0.929 bits per heavy atom. The Bertz CT molecular complexity index is 940. The molecule has 0 bridgehead atoms. The van der Waals surface area contributed by atoms with Gasteiger partial charge in [-0.05, 0) is 35.4 Å². The van der Waals surface area contributed by atoms with Crippen LogP contribution in [0, 0.1) is 0 Å². The van der Waals surface area contributed by atoms with Gasteiger partial charge in [-0.2, -0.15) is 0 Å². The zero-order valence-corrected chi connectivity index (χ0v) is 16.5. The third-order valence-electron chi connectivity index (χ3n) is 4.77. The van der Waals surface area contributed by atoms with Crippen LogP contribution >= 0.6 is 0 Å². The molecule has 0 spiro atoms. The van der Waals surface area contributed by atoms with Crippen molar-refractivity contribution in [2.45, 2.75) is 12.8 Å². The van der Waals surface area contributed by atoms with Crippen molar-refractivity contribution in [2.75, 3.05) is 27.1 Å². The first kappa shape index (κ1) is 19.4. The van der Waals surface area contributed by atoms with E-state index >= 15 is 0 Å². The van der Waals surface area contributed by atoms with Gasteiger partial charge in [0.25, 0.3) is 0 Å². The normalized spacial score (nSPS) is 10.7. The number of aromatic nitrogens is 2. The largest absolute Gasteiger partial charge is 0.502 e. The Morgan fingerprint density at radius 3 is 2.07 bits per heavy atom. The molecular formula is C21H25N3O4. The fraction of sp³-hybridized carbons (Fsp3) is 0.286. The quantitative estimate of drug-likeness (QED) is 0.652. The zero-order chi connectivity index (χ0) is 20.3. The maximum Gasteiger partial charge on any atom is 0.200 e. The minimum atomic E-state index is -0.0169. The third kappa shape index (κ3) is 3.83. The SMILES string of the molecule is COc1ccc(Cc2nc(N)n(C)c2Cc2cc(OC)c(O)c(OC)c2)cc1. The Kier molecular flexibility index (Phi) is 5.63. The standard InChI is InChI=1S/C21H25N3O4/c1-24-17(10-14-11-18(27-3)20(25)19(12-14)28-4)16(23-21(24)22)9-13-5-7-15(26-2)8-6-13/h5-8,11-12,25H,9-10H2,1-4H3,(H2,22,23). The molecule has 0 saturated carbocycles. The van der Waals surface area contributed by atoms with Crippen molar-refractivity contribution in [3.63, 3.8) is 0 Å². The minimum Gasteiger partial charge on any atom is -0.502 e. The summed E-state index contributed by atoms with van der Waals surface area (Å²) < 4.78 is 17.6. The fourth-order valence-corrected chi connectivity index (χ4v) is 3.15. The van der Waals surface area contributed by atoms with Crippen LogP contribution in [0.2, 0.25) is 0 Å². The molecule has 2 aromatic carbocycles. The van der Waals surface area contributed by atoms with E-state index in [1.54, 1.807) is 19.2 Å². The lowest BCUT2D eigenvalue weighted by atomic mass is 10.0. The van der Waals surface area contributed by atoms with E-state index in [4.69, 9.17) is 19.9 Å². The Balaban J connectivity index is 1.94. The summed E-state index contributed by atoms with van der Waals surface area (Å²) in [6.07, 6.45) is 1.22. The third-order valence-corrected chi connectivity index (χ3v) is 4.77. The summed E-state index contributed by atoms with van der Waals surface area (Å²) in [4.78, 5) is 4.54. The van der Waals surface area contributed by atoms with Gasteiger partial charge in [-0.25, -0.2) is 4.98 Å². The number of hydrogen-bond donors (Lipinski definition) is 2. The molecule has 0 atom stereocenters. The number of rotatable bonds is 7. The van der Waals surface area contributed by atoms with Crippen molar-refractivity contribution in [1.82, 2.24) is 9.55 Å². The van der Waals surface area contributed by atoms with Gasteiger partial charge < -0.3 is 29.6 Å². The molecule has 1 heterocycles. The number of imidazole rings is 1. The molecular weight excluding hydrogens is 358 g/mol. The van der Waals surface area contributed by atoms with Gasteiger partial charge in [-0.15, -0.1) is 0 Å². The second kappa shape index (κ2) is 8.12. The second-order valence-electron chi connectivity index (χ2n) is 6.47. The number of anilines is 1. The summed E-state index contributed by atoms with van der Waals surface area (Å²) in [7, 11) is 6.56. The molecule has 3 N–H and O–H groups in total. The Labute approximate surface area is 164 Å². The van der Waals surface area contributed by atoms with Crippen molar-refractivity contribution in [3.8, 4) is 23.0 Å². The summed E-state index contributed by atoms with van der Waals surface area (Å²) in [5.41, 5.74) is 10.00. The topological polar surface area (TPSA) is 91.8 Å². The maximum absolute atomic E-state index is 10.1. The molecule has 1 aromatic heterocycles. The summed E-state index contributed by atoms with van der Waals surface area (Å²) in [5, 5.41) is 10.1. The highest BCUT2D eigenvalue weighted by molar-refractivity contribution is 5.53. The van der Waals surface area contributed by atoms with Crippen LogP contribution in [0.1, 0.15) is 22.5 Å². The van der Waals surface area contributed by atoms with Gasteiger partial charge in [-0.3, -0.25) is 0 Å². The predicted molar refractivity (Wildman–Crippen MR) is 107 cm³/mol. The van der Waals surface area contributed by atoms with E-state index in [2.05, 4.69) is 4.98 Å². The van der Waals surface area contributed by atoms with E-state index in [1.165, 1.54) is 14.2 Å². The molecule has 0 unspecified atom stereocenters. The maximum atomic E-state index is 10.1. The minimum absolute atomic E-state index is 0.0169. The molecule has 0 fully saturated rings. The lowest BCUT2D eigenvalue weighted by Crippen LogP contribution is -2.04. The Morgan fingerprint density at radius 2 is 1.54 bits per heavy atom. The van der Waals surface area contributed by atoms with Gasteiger partial charge in [0.2, 0.25) is 5.75 Å². The van der Waals surface area contributed by atoms with Gasteiger partial charge in [-0.1, -0.05) is 12.1 Å². The average molecular weight is 383 g/mol. The van der Waals surface area contributed by atoms with E-state index in [9.17, 15) is 5.11 Å². The number of phenols is 1. The molecule has 0 amide bonds. The smallest absolute Gasteiger partial charge is 0.200 e. The fourth-order valence-electron chi connectivity index (χ4n) is 3.15. The average Bonchev–Trinajstić information content (AvgIpc) is 2.97. The molecule has 0 aliphatic carbocycles. The van der Waals surface area contributed by atoms with Gasteiger partial charge in [0, 0.05) is 25.6 Å². The number of hydrogen-bond acceptors (Lipinski definition) is 6. The number of benzene rings is 2. The highest BCUT2D eigenvalue weighted by Crippen LogP contribution is 2.38. The number of nitrogens with zero attached hydrogens (tertiary/aromatic N) is 2. The molecule has 0 saturated heterocycles. The monoisotopic (exact) mass is 383 g/mol. The van der Waals surface area contributed by atoms with Crippen LogP contribution in [-0.2, 0) is 19.9 Å². The number of aromatic hydroxyl groups is 1. The number of nitrogens with two attached hydrogens (primary N) is 1. The van der Waals surface area contributed by atoms with E-state index in [1.807, 2.05) is 35.9 Å². The first-order valence-electron chi connectivity index (χ1n) is 8.83. The van der Waals surface area contributed by atoms with Crippen LogP contribution in [-0.4, -0.2) is 36.0 Å². The molecule has 0 aliphatic rings. The summed E-state index contributed by atoms with van der Waals surface area (Å²) in [6, 6.07) is 11.5. The molecule has 148 valence electrons. The van der Waals surface area contributed by atoms with Gasteiger partial charge in [0.05, 0.1) is 27.0 Å². The number of nitrogen functional groups attached to an aromatic ring is 1. The highest BCUT2D eigenvalue weighted by Gasteiger charge is 2.17. The van der Waals surface area contributed by atoms with Crippen LogP contribution in [0.4, 0.5) is 5.95 Å². The van der Waals surface area contributed by atoms with Crippen LogP contribution in [0.5, 0.6) is 23.0 Å². The van der Waals surface area contributed by atoms with Crippen LogP contribution in [0.25, 0.3) is 0 Å². The molecule has 3 rings (SSSR count). The highest BCUT2D eigenvalue weighted by atomic mass is 16.5. The van der Waals surface area contributed by atoms with Crippen molar-refractivity contribution in [3.05, 3.63) is 58.9 Å². The number of methoxy groups -OCH3 is 3. The van der Waals surface area contributed by atoms with E-state index < -0.39 is 0 Å². The molecule has 7 nitrogen and oxygen atoms in total. The second-order valence-corrected chi connectivity index (χ2v) is 6.47. The van der Waals surface area contributed by atoms with E-state index in [-0.39, 0.29) is 5.75 Å². The summed E-state index contributed by atoms with van der Waals surface area (Å²) >= 11 is 0. The molecule has 3 aromatic rings. The first-order valence-corrected chi connectivity index (χ1v) is 8.83. The number of ether oxygens (including phenoxy) is 3. The predicted octanol–water partition coefficient (Wildman–Crippen LogP) is 2.92. The number of phenolic OH excluding ortho intramolecular Hbond substituents is 1. The first-order chi connectivity index (χ1) is 13.5. The van der Waals surface area contributed by atoms with Gasteiger partial charge in [0.15, 0.2) is 17.4 Å².